The largest absolute Gasteiger partial charge is 0.465 e. The van der Waals surface area contributed by atoms with Gasteiger partial charge in [0.25, 0.3) is 0 Å². The number of rotatable bonds is 4. The SMILES string of the molecule is CCOC(=O)C(C)NC1Cc2ccccc2C1. The molecule has 17 heavy (non-hydrogen) atoms. The summed E-state index contributed by atoms with van der Waals surface area (Å²) in [6.45, 7) is 4.13. The third-order valence-corrected chi connectivity index (χ3v) is 3.18. The van der Waals surface area contributed by atoms with Crippen LogP contribution >= 0.6 is 0 Å². The van der Waals surface area contributed by atoms with E-state index >= 15 is 0 Å². The second-order valence-corrected chi connectivity index (χ2v) is 4.51. The van der Waals surface area contributed by atoms with Crippen molar-refractivity contribution >= 4 is 5.97 Å². The van der Waals surface area contributed by atoms with E-state index in [2.05, 4.69) is 29.6 Å². The lowest BCUT2D eigenvalue weighted by Crippen LogP contribution is -2.42. The van der Waals surface area contributed by atoms with Crippen molar-refractivity contribution in [1.29, 1.82) is 0 Å². The molecule has 1 aliphatic carbocycles. The van der Waals surface area contributed by atoms with E-state index in [0.29, 0.717) is 12.6 Å². The molecule has 1 aliphatic rings. The summed E-state index contributed by atoms with van der Waals surface area (Å²) in [6.07, 6.45) is 2.00. The highest BCUT2D eigenvalue weighted by molar-refractivity contribution is 5.75. The second kappa shape index (κ2) is 5.32. The highest BCUT2D eigenvalue weighted by Crippen LogP contribution is 2.21. The van der Waals surface area contributed by atoms with Crippen molar-refractivity contribution in [3.8, 4) is 0 Å². The molecule has 92 valence electrons. The van der Waals surface area contributed by atoms with E-state index in [1.807, 2.05) is 13.8 Å². The summed E-state index contributed by atoms with van der Waals surface area (Å²) < 4.78 is 4.99. The van der Waals surface area contributed by atoms with Crippen molar-refractivity contribution in [3.05, 3.63) is 35.4 Å². The Bertz CT molecular complexity index is 378. The van der Waals surface area contributed by atoms with E-state index in [4.69, 9.17) is 4.74 Å². The van der Waals surface area contributed by atoms with Crippen molar-refractivity contribution in [3.63, 3.8) is 0 Å². The Morgan fingerprint density at radius 3 is 2.53 bits per heavy atom. The summed E-state index contributed by atoms with van der Waals surface area (Å²) in [5, 5.41) is 3.34. The van der Waals surface area contributed by atoms with E-state index in [9.17, 15) is 4.79 Å². The average molecular weight is 233 g/mol. The number of carbonyl (C=O) groups is 1. The molecule has 0 saturated carbocycles. The smallest absolute Gasteiger partial charge is 0.322 e. The molecule has 0 aromatic heterocycles. The van der Waals surface area contributed by atoms with Crippen LogP contribution in [-0.2, 0) is 22.4 Å². The molecule has 0 aliphatic heterocycles. The van der Waals surface area contributed by atoms with Crippen molar-refractivity contribution in [2.75, 3.05) is 6.61 Å². The summed E-state index contributed by atoms with van der Waals surface area (Å²) in [5.41, 5.74) is 2.78. The standard InChI is InChI=1S/C14H19NO2/c1-3-17-14(16)10(2)15-13-8-11-6-4-5-7-12(11)9-13/h4-7,10,13,15H,3,8-9H2,1-2H3. The van der Waals surface area contributed by atoms with Crippen LogP contribution in [0.4, 0.5) is 0 Å². The Morgan fingerprint density at radius 1 is 1.41 bits per heavy atom. The maximum Gasteiger partial charge on any atom is 0.322 e. The Kier molecular flexibility index (Phi) is 3.79. The summed E-state index contributed by atoms with van der Waals surface area (Å²) in [7, 11) is 0. The Morgan fingerprint density at radius 2 is 2.00 bits per heavy atom. The van der Waals surface area contributed by atoms with Gasteiger partial charge >= 0.3 is 5.97 Å². The van der Waals surface area contributed by atoms with Gasteiger partial charge in [-0.3, -0.25) is 4.79 Å². The Hall–Kier alpha value is -1.35. The van der Waals surface area contributed by atoms with Gasteiger partial charge < -0.3 is 10.1 Å². The number of nitrogens with one attached hydrogen (secondary N) is 1. The fraction of sp³-hybridized carbons (Fsp3) is 0.500. The van der Waals surface area contributed by atoms with Crippen LogP contribution in [-0.4, -0.2) is 24.7 Å². The van der Waals surface area contributed by atoms with E-state index in [-0.39, 0.29) is 12.0 Å². The molecule has 0 fully saturated rings. The minimum absolute atomic E-state index is 0.163. The van der Waals surface area contributed by atoms with Gasteiger partial charge in [0.2, 0.25) is 0 Å². The first kappa shape index (κ1) is 12.1. The molecule has 0 spiro atoms. The zero-order valence-electron chi connectivity index (χ0n) is 10.4. The monoisotopic (exact) mass is 233 g/mol. The topological polar surface area (TPSA) is 38.3 Å². The Balaban J connectivity index is 1.89. The molecule has 0 saturated heterocycles. The second-order valence-electron chi connectivity index (χ2n) is 4.51. The molecule has 1 unspecified atom stereocenters. The normalized spacial score (nSPS) is 16.6. The molecule has 3 heteroatoms. The van der Waals surface area contributed by atoms with E-state index in [0.717, 1.165) is 12.8 Å². The summed E-state index contributed by atoms with van der Waals surface area (Å²) in [4.78, 5) is 11.5. The minimum Gasteiger partial charge on any atom is -0.465 e. The third kappa shape index (κ3) is 2.86. The number of benzene rings is 1. The summed E-state index contributed by atoms with van der Waals surface area (Å²) in [6, 6.07) is 8.57. The molecule has 2 rings (SSSR count). The molecule has 0 bridgehead atoms. The van der Waals surface area contributed by atoms with Gasteiger partial charge in [-0.2, -0.15) is 0 Å². The molecular formula is C14H19NO2. The molecule has 1 aromatic carbocycles. The first-order valence-corrected chi connectivity index (χ1v) is 6.20. The lowest BCUT2D eigenvalue weighted by molar-refractivity contribution is -0.145. The predicted molar refractivity (Wildman–Crippen MR) is 66.9 cm³/mol. The molecule has 3 nitrogen and oxygen atoms in total. The zero-order chi connectivity index (χ0) is 12.3. The number of hydrogen-bond donors (Lipinski definition) is 1. The van der Waals surface area contributed by atoms with Crippen LogP contribution < -0.4 is 5.32 Å². The highest BCUT2D eigenvalue weighted by Gasteiger charge is 2.24. The van der Waals surface area contributed by atoms with Gasteiger partial charge in [-0.25, -0.2) is 0 Å². The highest BCUT2D eigenvalue weighted by atomic mass is 16.5. The van der Waals surface area contributed by atoms with Crippen molar-refractivity contribution in [2.24, 2.45) is 0 Å². The van der Waals surface area contributed by atoms with Crippen molar-refractivity contribution in [2.45, 2.75) is 38.8 Å². The number of carbonyl (C=O) groups excluding carboxylic acids is 1. The first-order valence-electron chi connectivity index (χ1n) is 6.20. The lowest BCUT2D eigenvalue weighted by atomic mass is 10.1. The van der Waals surface area contributed by atoms with Crippen LogP contribution in [0.25, 0.3) is 0 Å². The van der Waals surface area contributed by atoms with Gasteiger partial charge in [0.05, 0.1) is 6.61 Å². The maximum atomic E-state index is 11.5. The third-order valence-electron chi connectivity index (χ3n) is 3.18. The molecule has 1 atom stereocenters. The van der Waals surface area contributed by atoms with Gasteiger partial charge in [0.15, 0.2) is 0 Å². The van der Waals surface area contributed by atoms with Crippen LogP contribution in [0.2, 0.25) is 0 Å². The number of ether oxygens (including phenoxy) is 1. The van der Waals surface area contributed by atoms with Crippen LogP contribution in [0, 0.1) is 0 Å². The molecule has 0 heterocycles. The van der Waals surface area contributed by atoms with Gasteiger partial charge in [-0.1, -0.05) is 24.3 Å². The maximum absolute atomic E-state index is 11.5. The van der Waals surface area contributed by atoms with E-state index < -0.39 is 0 Å². The van der Waals surface area contributed by atoms with Crippen molar-refractivity contribution in [1.82, 2.24) is 5.32 Å². The van der Waals surface area contributed by atoms with Crippen LogP contribution in [0.3, 0.4) is 0 Å². The molecule has 1 aromatic rings. The summed E-state index contributed by atoms with van der Waals surface area (Å²) in [5.74, 6) is -0.163. The molecule has 0 radical (unpaired) electrons. The average Bonchev–Trinajstić information content (AvgIpc) is 2.71. The predicted octanol–water partition coefficient (Wildman–Crippen LogP) is 1.69. The van der Waals surface area contributed by atoms with Crippen molar-refractivity contribution < 1.29 is 9.53 Å². The Labute approximate surface area is 102 Å². The minimum atomic E-state index is -0.228. The van der Waals surface area contributed by atoms with Gasteiger partial charge in [0.1, 0.15) is 6.04 Å². The van der Waals surface area contributed by atoms with Gasteiger partial charge in [-0.05, 0) is 37.8 Å². The van der Waals surface area contributed by atoms with E-state index in [1.54, 1.807) is 0 Å². The molecule has 1 N–H and O–H groups in total. The van der Waals surface area contributed by atoms with Gasteiger partial charge in [-0.15, -0.1) is 0 Å². The fourth-order valence-corrected chi connectivity index (χ4v) is 2.37. The van der Waals surface area contributed by atoms with E-state index in [1.165, 1.54) is 11.1 Å². The fourth-order valence-electron chi connectivity index (χ4n) is 2.37. The molecular weight excluding hydrogens is 214 g/mol. The summed E-state index contributed by atoms with van der Waals surface area (Å²) >= 11 is 0. The number of fused-ring (bicyclic) bond motifs is 1. The quantitative estimate of drug-likeness (QED) is 0.804. The number of hydrogen-bond acceptors (Lipinski definition) is 3. The van der Waals surface area contributed by atoms with Crippen LogP contribution in [0.1, 0.15) is 25.0 Å². The van der Waals surface area contributed by atoms with Gasteiger partial charge in [0, 0.05) is 6.04 Å². The number of esters is 1. The molecule has 0 amide bonds. The lowest BCUT2D eigenvalue weighted by Gasteiger charge is -2.17. The first-order chi connectivity index (χ1) is 8.20. The zero-order valence-corrected chi connectivity index (χ0v) is 10.4. The van der Waals surface area contributed by atoms with Crippen LogP contribution in [0.5, 0.6) is 0 Å². The van der Waals surface area contributed by atoms with Crippen LogP contribution in [0.15, 0.2) is 24.3 Å².